The number of carbonyl (C=O) groups excluding carboxylic acids is 3. The van der Waals surface area contributed by atoms with E-state index in [0.717, 1.165) is 0 Å². The van der Waals surface area contributed by atoms with Crippen molar-refractivity contribution in [2.75, 3.05) is 45.2 Å². The molecule has 4 amide bonds. The molecule has 0 saturated carbocycles. The maximum Gasteiger partial charge on any atom is 0.412 e. The third-order valence-electron chi connectivity index (χ3n) is 6.53. The summed E-state index contributed by atoms with van der Waals surface area (Å²) in [5.41, 5.74) is 0.384. The Balaban J connectivity index is 1.40. The molecule has 212 valence electrons. The standard InChI is InChI=1S/C27H29ClF2N6O4/c1-35(26(38)33-15-18-3-2-4-22(30)25(18)28)21(13-24(37)36-9-7-31-8-10-36)16-40-27(39)34-23-12-19-11-20(29)6-5-17(19)14-32-23/h2-6,11-12,14,21,31H,7-10,13,15-16H2,1H3,(H,33,38)(H,32,34,39)/t21-/m0/s1. The van der Waals surface area contributed by atoms with Gasteiger partial charge in [0.15, 0.2) is 0 Å². The van der Waals surface area contributed by atoms with Crippen LogP contribution in [0.4, 0.5) is 24.2 Å². The van der Waals surface area contributed by atoms with Gasteiger partial charge < -0.3 is 25.2 Å². The number of amides is 4. The number of hydrogen-bond donors (Lipinski definition) is 3. The Kier molecular flexibility index (Phi) is 9.67. The molecule has 1 atom stereocenters. The number of hydrogen-bond acceptors (Lipinski definition) is 6. The summed E-state index contributed by atoms with van der Waals surface area (Å²) in [7, 11) is 1.47. The van der Waals surface area contributed by atoms with Crippen molar-refractivity contribution in [3.63, 3.8) is 0 Å². The number of carbonyl (C=O) groups is 3. The first-order valence-electron chi connectivity index (χ1n) is 12.6. The Hall–Kier alpha value is -4.03. The summed E-state index contributed by atoms with van der Waals surface area (Å²) in [4.78, 5) is 45.5. The Morgan fingerprint density at radius 2 is 1.93 bits per heavy atom. The van der Waals surface area contributed by atoms with E-state index in [1.165, 1.54) is 48.5 Å². The summed E-state index contributed by atoms with van der Waals surface area (Å²) < 4.78 is 32.7. The fourth-order valence-corrected chi connectivity index (χ4v) is 4.38. The number of nitrogens with zero attached hydrogens (tertiary/aromatic N) is 3. The molecule has 0 unspecified atom stereocenters. The highest BCUT2D eigenvalue weighted by atomic mass is 35.5. The molecule has 40 heavy (non-hydrogen) atoms. The largest absolute Gasteiger partial charge is 0.447 e. The summed E-state index contributed by atoms with van der Waals surface area (Å²) in [6.45, 7) is 2.01. The van der Waals surface area contributed by atoms with Crippen LogP contribution in [0.25, 0.3) is 10.8 Å². The monoisotopic (exact) mass is 574 g/mol. The van der Waals surface area contributed by atoms with Gasteiger partial charge in [-0.15, -0.1) is 0 Å². The highest BCUT2D eigenvalue weighted by Crippen LogP contribution is 2.20. The van der Waals surface area contributed by atoms with Gasteiger partial charge in [-0.1, -0.05) is 23.7 Å². The number of ether oxygens (including phenoxy) is 1. The summed E-state index contributed by atoms with van der Waals surface area (Å²) in [6, 6.07) is 8.60. The molecular weight excluding hydrogens is 546 g/mol. The zero-order chi connectivity index (χ0) is 28.6. The summed E-state index contributed by atoms with van der Waals surface area (Å²) in [6.07, 6.45) is 0.538. The zero-order valence-corrected chi connectivity index (χ0v) is 22.5. The van der Waals surface area contributed by atoms with Crippen molar-refractivity contribution in [2.24, 2.45) is 0 Å². The van der Waals surface area contributed by atoms with Gasteiger partial charge >= 0.3 is 12.1 Å². The second-order valence-corrected chi connectivity index (χ2v) is 9.63. The topological polar surface area (TPSA) is 116 Å². The molecule has 1 saturated heterocycles. The quantitative estimate of drug-likeness (QED) is 0.377. The minimum atomic E-state index is -0.858. The van der Waals surface area contributed by atoms with Crippen LogP contribution in [0.1, 0.15) is 12.0 Å². The number of halogens is 3. The lowest BCUT2D eigenvalue weighted by Crippen LogP contribution is -2.51. The van der Waals surface area contributed by atoms with Crippen LogP contribution >= 0.6 is 11.6 Å². The molecule has 0 aliphatic carbocycles. The number of likely N-dealkylation sites (N-methyl/N-ethyl adjacent to an activating group) is 1. The first-order chi connectivity index (χ1) is 19.2. The van der Waals surface area contributed by atoms with Gasteiger partial charge in [0, 0.05) is 51.4 Å². The van der Waals surface area contributed by atoms with Crippen molar-refractivity contribution in [3.8, 4) is 0 Å². The van der Waals surface area contributed by atoms with Gasteiger partial charge in [0.25, 0.3) is 0 Å². The fraction of sp³-hybridized carbons (Fsp3) is 0.333. The molecular formula is C27H29ClF2N6O4. The van der Waals surface area contributed by atoms with Gasteiger partial charge in [0.1, 0.15) is 24.1 Å². The van der Waals surface area contributed by atoms with Crippen LogP contribution < -0.4 is 16.0 Å². The number of aromatic nitrogens is 1. The number of piperazine rings is 1. The zero-order valence-electron chi connectivity index (χ0n) is 21.8. The lowest BCUT2D eigenvalue weighted by atomic mass is 10.1. The van der Waals surface area contributed by atoms with E-state index in [2.05, 4.69) is 20.9 Å². The van der Waals surface area contributed by atoms with Crippen LogP contribution in [-0.4, -0.2) is 78.7 Å². The van der Waals surface area contributed by atoms with E-state index in [9.17, 15) is 23.2 Å². The Morgan fingerprint density at radius 3 is 2.70 bits per heavy atom. The third kappa shape index (κ3) is 7.54. The molecule has 0 bridgehead atoms. The minimum absolute atomic E-state index is 0.0478. The van der Waals surface area contributed by atoms with E-state index in [4.69, 9.17) is 16.3 Å². The van der Waals surface area contributed by atoms with Crippen molar-refractivity contribution >= 4 is 46.2 Å². The van der Waals surface area contributed by atoms with Gasteiger partial charge in [-0.3, -0.25) is 10.1 Å². The normalized spacial score (nSPS) is 13.9. The summed E-state index contributed by atoms with van der Waals surface area (Å²) in [5, 5.41) is 9.45. The number of nitrogens with one attached hydrogen (secondary N) is 3. The smallest absolute Gasteiger partial charge is 0.412 e. The molecule has 1 aliphatic rings. The fourth-order valence-electron chi connectivity index (χ4n) is 4.19. The van der Waals surface area contributed by atoms with E-state index in [0.29, 0.717) is 42.5 Å². The lowest BCUT2D eigenvalue weighted by molar-refractivity contribution is -0.133. The minimum Gasteiger partial charge on any atom is -0.447 e. The molecule has 10 nitrogen and oxygen atoms in total. The van der Waals surface area contributed by atoms with Crippen LogP contribution in [0.15, 0.2) is 48.7 Å². The molecule has 3 aromatic rings. The van der Waals surface area contributed by atoms with Crippen molar-refractivity contribution in [1.82, 2.24) is 25.4 Å². The van der Waals surface area contributed by atoms with Crippen LogP contribution in [0.5, 0.6) is 0 Å². The van der Waals surface area contributed by atoms with Gasteiger partial charge in [0.05, 0.1) is 17.5 Å². The van der Waals surface area contributed by atoms with E-state index in [1.54, 1.807) is 17.0 Å². The van der Waals surface area contributed by atoms with Crippen LogP contribution in [-0.2, 0) is 16.1 Å². The number of pyridine rings is 1. The first-order valence-corrected chi connectivity index (χ1v) is 13.0. The molecule has 1 aliphatic heterocycles. The Morgan fingerprint density at radius 1 is 1.15 bits per heavy atom. The summed E-state index contributed by atoms with van der Waals surface area (Å²) in [5.74, 6) is -1.08. The van der Waals surface area contributed by atoms with Gasteiger partial charge in [-0.2, -0.15) is 0 Å². The molecule has 0 spiro atoms. The van der Waals surface area contributed by atoms with Gasteiger partial charge in [-0.05, 0) is 41.3 Å². The Bertz CT molecular complexity index is 1390. The second-order valence-electron chi connectivity index (χ2n) is 9.26. The van der Waals surface area contributed by atoms with Crippen molar-refractivity contribution in [2.45, 2.75) is 19.0 Å². The molecule has 2 aromatic carbocycles. The SMILES string of the molecule is CN(C(=O)NCc1cccc(F)c1Cl)[C@H](COC(=O)Nc1cc2cc(F)ccc2cn1)CC(=O)N1CCNCC1. The highest BCUT2D eigenvalue weighted by molar-refractivity contribution is 6.31. The van der Waals surface area contributed by atoms with Crippen molar-refractivity contribution in [1.29, 1.82) is 0 Å². The van der Waals surface area contributed by atoms with E-state index in [-0.39, 0.29) is 36.3 Å². The maximum absolute atomic E-state index is 13.8. The van der Waals surface area contributed by atoms with Crippen LogP contribution in [0, 0.1) is 11.6 Å². The molecule has 3 N–H and O–H groups in total. The molecule has 13 heteroatoms. The highest BCUT2D eigenvalue weighted by Gasteiger charge is 2.27. The lowest BCUT2D eigenvalue weighted by Gasteiger charge is -2.32. The number of fused-ring (bicyclic) bond motifs is 1. The number of benzene rings is 2. The van der Waals surface area contributed by atoms with E-state index in [1.807, 2.05) is 0 Å². The predicted octanol–water partition coefficient (Wildman–Crippen LogP) is 3.75. The third-order valence-corrected chi connectivity index (χ3v) is 6.95. The Labute approximate surface area is 234 Å². The van der Waals surface area contributed by atoms with Gasteiger partial charge in [-0.25, -0.2) is 23.4 Å². The average Bonchev–Trinajstić information content (AvgIpc) is 2.95. The number of urea groups is 1. The molecule has 4 rings (SSSR count). The number of anilines is 1. The van der Waals surface area contributed by atoms with Crippen molar-refractivity contribution in [3.05, 3.63) is 70.9 Å². The van der Waals surface area contributed by atoms with Gasteiger partial charge in [0.2, 0.25) is 5.91 Å². The second kappa shape index (κ2) is 13.4. The van der Waals surface area contributed by atoms with Crippen LogP contribution in [0.3, 0.4) is 0 Å². The van der Waals surface area contributed by atoms with E-state index < -0.39 is 29.8 Å². The van der Waals surface area contributed by atoms with E-state index >= 15 is 0 Å². The average molecular weight is 575 g/mol. The predicted molar refractivity (Wildman–Crippen MR) is 146 cm³/mol. The molecule has 1 fully saturated rings. The molecule has 2 heterocycles. The first kappa shape index (κ1) is 29.0. The summed E-state index contributed by atoms with van der Waals surface area (Å²) >= 11 is 5.98. The van der Waals surface area contributed by atoms with Crippen molar-refractivity contribution < 1.29 is 27.9 Å². The maximum atomic E-state index is 13.8. The molecule has 0 radical (unpaired) electrons. The van der Waals surface area contributed by atoms with Crippen LogP contribution in [0.2, 0.25) is 5.02 Å². The molecule has 1 aromatic heterocycles. The number of rotatable bonds is 8.